The third-order valence-corrected chi connectivity index (χ3v) is 7.78. The highest BCUT2D eigenvalue weighted by Crippen LogP contribution is 2.30. The average molecular weight is 577 g/mol. The molecule has 41 heavy (non-hydrogen) atoms. The number of halogens is 2. The molecule has 3 aromatic heterocycles. The van der Waals surface area contributed by atoms with Gasteiger partial charge in [0.15, 0.2) is 5.76 Å². The first kappa shape index (κ1) is 25.3. The molecule has 0 atom stereocenters. The zero-order valence-corrected chi connectivity index (χ0v) is 23.4. The highest BCUT2D eigenvalue weighted by Gasteiger charge is 2.18. The van der Waals surface area contributed by atoms with E-state index < -0.39 is 0 Å². The number of aromatic nitrogens is 3. The highest BCUT2D eigenvalue weighted by molar-refractivity contribution is 6.31. The van der Waals surface area contributed by atoms with Crippen LogP contribution in [0.25, 0.3) is 44.4 Å². The number of furan rings is 1. The first-order valence-electron chi connectivity index (χ1n) is 13.0. The Kier molecular flexibility index (Phi) is 6.22. The maximum absolute atomic E-state index is 13.8. The highest BCUT2D eigenvalue weighted by atomic mass is 35.5. The molecule has 0 spiro atoms. The minimum absolute atomic E-state index is 0.289. The van der Waals surface area contributed by atoms with E-state index in [0.29, 0.717) is 44.7 Å². The second kappa shape index (κ2) is 10.1. The molecule has 8 heteroatoms. The molecule has 200 valence electrons. The molecule has 7 aromatic rings. The van der Waals surface area contributed by atoms with Crippen LogP contribution in [0.3, 0.4) is 0 Å². The summed E-state index contributed by atoms with van der Waals surface area (Å²) in [6, 6.07) is 30.4. The molecular formula is C33H22Cl2N4O2. The molecule has 0 unspecified atom stereocenters. The quantitative estimate of drug-likeness (QED) is 0.193. The number of rotatable bonds is 5. The fourth-order valence-electron chi connectivity index (χ4n) is 5.23. The van der Waals surface area contributed by atoms with Crippen molar-refractivity contribution < 1.29 is 4.42 Å². The summed E-state index contributed by atoms with van der Waals surface area (Å²) >= 11 is 12.3. The van der Waals surface area contributed by atoms with Crippen LogP contribution in [0, 0.1) is 6.92 Å². The van der Waals surface area contributed by atoms with Crippen molar-refractivity contribution in [2.75, 3.05) is 0 Å². The van der Waals surface area contributed by atoms with Crippen molar-refractivity contribution in [2.24, 2.45) is 5.10 Å². The topological polar surface area (TPSA) is 65.3 Å². The smallest absolute Gasteiger partial charge is 0.282 e. The van der Waals surface area contributed by atoms with Gasteiger partial charge in [0.2, 0.25) is 5.82 Å². The molecule has 0 saturated carbocycles. The van der Waals surface area contributed by atoms with Gasteiger partial charge in [-0.05, 0) is 67.1 Å². The lowest BCUT2D eigenvalue weighted by Crippen LogP contribution is -2.20. The van der Waals surface area contributed by atoms with Gasteiger partial charge in [-0.1, -0.05) is 65.7 Å². The van der Waals surface area contributed by atoms with Crippen LogP contribution in [0.15, 0.2) is 111 Å². The molecule has 4 aromatic carbocycles. The molecule has 0 fully saturated rings. The lowest BCUT2D eigenvalue weighted by molar-refractivity contribution is 0.616. The second-order valence-corrected chi connectivity index (χ2v) is 10.7. The third-order valence-electron chi connectivity index (χ3n) is 7.29. The van der Waals surface area contributed by atoms with Crippen LogP contribution < -0.4 is 5.56 Å². The molecule has 0 amide bonds. The van der Waals surface area contributed by atoms with E-state index in [1.54, 1.807) is 24.4 Å². The molecule has 6 nitrogen and oxygen atoms in total. The predicted molar refractivity (Wildman–Crippen MR) is 166 cm³/mol. The standard InChI is InChI=1S/C33H22Cl2N4O2/c1-20-27(25-6-3-5-9-29(25)38(20)19-21-10-12-23(34)13-11-21)18-36-39-32(37-28-8-4-2-7-26(28)33(39)40)31-17-22-16-24(35)14-15-30(22)41-31/h2-18H,19H2,1H3. The fourth-order valence-corrected chi connectivity index (χ4v) is 5.53. The summed E-state index contributed by atoms with van der Waals surface area (Å²) in [5.41, 5.74) is 5.05. The van der Waals surface area contributed by atoms with Crippen LogP contribution in [0.5, 0.6) is 0 Å². The number of para-hydroxylation sites is 2. The van der Waals surface area contributed by atoms with Gasteiger partial charge in [0.05, 0.1) is 17.1 Å². The molecule has 0 aliphatic carbocycles. The number of fused-ring (bicyclic) bond motifs is 3. The molecule has 0 aliphatic heterocycles. The van der Waals surface area contributed by atoms with Crippen LogP contribution in [0.1, 0.15) is 16.8 Å². The van der Waals surface area contributed by atoms with E-state index in [9.17, 15) is 4.79 Å². The Bertz CT molecular complexity index is 2190. The van der Waals surface area contributed by atoms with Gasteiger partial charge in [0, 0.05) is 44.1 Å². The number of benzene rings is 4. The van der Waals surface area contributed by atoms with E-state index in [4.69, 9.17) is 37.7 Å². The molecule has 0 radical (unpaired) electrons. The van der Waals surface area contributed by atoms with Crippen molar-refractivity contribution in [1.82, 2.24) is 14.2 Å². The molecule has 3 heterocycles. The Hall–Kier alpha value is -4.65. The SMILES string of the molecule is Cc1c(C=Nn2c(-c3cc4cc(Cl)ccc4o3)nc3ccccc3c2=O)c2ccccc2n1Cc1ccc(Cl)cc1. The van der Waals surface area contributed by atoms with Crippen molar-refractivity contribution in [2.45, 2.75) is 13.5 Å². The number of hydrogen-bond donors (Lipinski definition) is 0. The summed E-state index contributed by atoms with van der Waals surface area (Å²) in [4.78, 5) is 18.6. The number of nitrogens with zero attached hydrogens (tertiary/aromatic N) is 4. The Labute approximate surface area is 244 Å². The van der Waals surface area contributed by atoms with Gasteiger partial charge in [0.25, 0.3) is 5.56 Å². The van der Waals surface area contributed by atoms with Gasteiger partial charge in [0.1, 0.15) is 5.58 Å². The van der Waals surface area contributed by atoms with Gasteiger partial charge >= 0.3 is 0 Å². The summed E-state index contributed by atoms with van der Waals surface area (Å²) in [5.74, 6) is 0.726. The van der Waals surface area contributed by atoms with E-state index >= 15 is 0 Å². The summed E-state index contributed by atoms with van der Waals surface area (Å²) in [7, 11) is 0. The van der Waals surface area contributed by atoms with Crippen molar-refractivity contribution >= 4 is 62.2 Å². The van der Waals surface area contributed by atoms with Crippen LogP contribution in [-0.2, 0) is 6.54 Å². The van der Waals surface area contributed by atoms with Crippen molar-refractivity contribution in [3.63, 3.8) is 0 Å². The Morgan fingerprint density at radius 1 is 0.878 bits per heavy atom. The lowest BCUT2D eigenvalue weighted by atomic mass is 10.1. The maximum atomic E-state index is 13.8. The van der Waals surface area contributed by atoms with Gasteiger partial charge in [-0.15, -0.1) is 0 Å². The van der Waals surface area contributed by atoms with Crippen molar-refractivity contribution in [1.29, 1.82) is 0 Å². The molecule has 0 bridgehead atoms. The van der Waals surface area contributed by atoms with Crippen LogP contribution in [-0.4, -0.2) is 20.4 Å². The first-order valence-corrected chi connectivity index (χ1v) is 13.8. The van der Waals surface area contributed by atoms with Crippen LogP contribution in [0.4, 0.5) is 0 Å². The van der Waals surface area contributed by atoms with Gasteiger partial charge < -0.3 is 8.98 Å². The summed E-state index contributed by atoms with van der Waals surface area (Å²) in [6.45, 7) is 2.73. The van der Waals surface area contributed by atoms with Gasteiger partial charge in [-0.25, -0.2) is 4.98 Å². The summed E-state index contributed by atoms with van der Waals surface area (Å²) in [6.07, 6.45) is 1.73. The molecule has 0 aliphatic rings. The zero-order valence-electron chi connectivity index (χ0n) is 21.9. The van der Waals surface area contributed by atoms with E-state index in [1.165, 1.54) is 4.68 Å². The fraction of sp³-hybridized carbons (Fsp3) is 0.0606. The van der Waals surface area contributed by atoms with Crippen molar-refractivity contribution in [3.05, 3.63) is 134 Å². The largest absolute Gasteiger partial charge is 0.453 e. The predicted octanol–water partition coefficient (Wildman–Crippen LogP) is 8.31. The van der Waals surface area contributed by atoms with Gasteiger partial charge in [-0.2, -0.15) is 9.78 Å². The lowest BCUT2D eigenvalue weighted by Gasteiger charge is -2.09. The second-order valence-electron chi connectivity index (χ2n) is 9.84. The minimum Gasteiger partial charge on any atom is -0.453 e. The summed E-state index contributed by atoms with van der Waals surface area (Å²) < 4.78 is 9.66. The third kappa shape index (κ3) is 4.51. The number of hydrogen-bond acceptors (Lipinski definition) is 4. The van der Waals surface area contributed by atoms with Gasteiger partial charge in [-0.3, -0.25) is 4.79 Å². The Morgan fingerprint density at radius 2 is 1.61 bits per heavy atom. The molecule has 0 N–H and O–H groups in total. The van der Waals surface area contributed by atoms with E-state index in [0.717, 1.165) is 33.1 Å². The van der Waals surface area contributed by atoms with Crippen LogP contribution in [0.2, 0.25) is 10.0 Å². The minimum atomic E-state index is -0.289. The summed E-state index contributed by atoms with van der Waals surface area (Å²) in [5, 5.41) is 8.34. The zero-order chi connectivity index (χ0) is 28.1. The Morgan fingerprint density at radius 3 is 2.44 bits per heavy atom. The van der Waals surface area contributed by atoms with E-state index in [1.807, 2.05) is 66.7 Å². The average Bonchev–Trinajstić information content (AvgIpc) is 3.52. The molecule has 0 saturated heterocycles. The van der Waals surface area contributed by atoms with Crippen molar-refractivity contribution in [3.8, 4) is 11.6 Å². The maximum Gasteiger partial charge on any atom is 0.282 e. The Balaban J connectivity index is 1.40. The normalized spacial score (nSPS) is 11.9. The van der Waals surface area contributed by atoms with E-state index in [2.05, 4.69) is 23.6 Å². The monoisotopic (exact) mass is 576 g/mol. The first-order chi connectivity index (χ1) is 20.0. The molecule has 7 rings (SSSR count). The molecular weight excluding hydrogens is 555 g/mol. The van der Waals surface area contributed by atoms with E-state index in [-0.39, 0.29) is 5.56 Å². The van der Waals surface area contributed by atoms with Crippen LogP contribution >= 0.6 is 23.2 Å².